The Morgan fingerprint density at radius 3 is 2.41 bits per heavy atom. The second-order valence-corrected chi connectivity index (χ2v) is 9.46. The van der Waals surface area contributed by atoms with Crippen LogP contribution in [-0.4, -0.2) is 28.4 Å². The number of anilines is 2. The fourth-order valence-electron chi connectivity index (χ4n) is 4.75. The topological polar surface area (TPSA) is 49.6 Å². The van der Waals surface area contributed by atoms with Crippen molar-refractivity contribution < 1.29 is 4.79 Å². The van der Waals surface area contributed by atoms with E-state index in [-0.39, 0.29) is 12.3 Å². The van der Waals surface area contributed by atoms with Gasteiger partial charge in [-0.3, -0.25) is 4.79 Å². The van der Waals surface area contributed by atoms with E-state index in [1.54, 1.807) is 0 Å². The Labute approximate surface area is 201 Å². The summed E-state index contributed by atoms with van der Waals surface area (Å²) in [5, 5.41) is 3.09. The highest BCUT2D eigenvalue weighted by Crippen LogP contribution is 2.28. The van der Waals surface area contributed by atoms with Gasteiger partial charge in [-0.25, -0.2) is 4.98 Å². The summed E-state index contributed by atoms with van der Waals surface area (Å²) in [7, 11) is 0. The Balaban J connectivity index is 1.40. The number of pyridine rings is 1. The summed E-state index contributed by atoms with van der Waals surface area (Å²) < 4.78 is 2.04. The molecule has 5 rings (SSSR count). The quantitative estimate of drug-likeness (QED) is 0.398. The van der Waals surface area contributed by atoms with Gasteiger partial charge in [0.1, 0.15) is 5.65 Å². The molecule has 0 saturated carbocycles. The average molecular weight is 453 g/mol. The van der Waals surface area contributed by atoms with E-state index in [4.69, 9.17) is 4.98 Å². The molecule has 174 valence electrons. The summed E-state index contributed by atoms with van der Waals surface area (Å²) in [4.78, 5) is 20.5. The largest absolute Gasteiger partial charge is 0.372 e. The molecule has 4 aromatic rings. The molecule has 1 N–H and O–H groups in total. The molecule has 5 nitrogen and oxygen atoms in total. The van der Waals surface area contributed by atoms with E-state index in [2.05, 4.69) is 73.5 Å². The molecule has 5 heteroatoms. The number of nitrogens with one attached hydrogen (secondary N) is 1. The van der Waals surface area contributed by atoms with Crippen molar-refractivity contribution in [2.75, 3.05) is 23.3 Å². The fourth-order valence-corrected chi connectivity index (χ4v) is 4.75. The lowest BCUT2D eigenvalue weighted by molar-refractivity contribution is -0.115. The smallest absolute Gasteiger partial charge is 0.230 e. The lowest BCUT2D eigenvalue weighted by Crippen LogP contribution is -2.29. The highest BCUT2D eigenvalue weighted by molar-refractivity contribution is 5.93. The number of carbonyl (C=O) groups excluding carboxylic acids is 1. The van der Waals surface area contributed by atoms with Gasteiger partial charge in [0.2, 0.25) is 5.91 Å². The molecule has 3 heterocycles. The van der Waals surface area contributed by atoms with Gasteiger partial charge in [0.25, 0.3) is 0 Å². The highest BCUT2D eigenvalue weighted by atomic mass is 16.1. The number of aryl methyl sites for hydroxylation is 3. The number of rotatable bonds is 5. The van der Waals surface area contributed by atoms with Crippen molar-refractivity contribution in [1.82, 2.24) is 9.38 Å². The van der Waals surface area contributed by atoms with Crippen LogP contribution in [0.25, 0.3) is 16.9 Å². The van der Waals surface area contributed by atoms with E-state index >= 15 is 0 Å². The molecule has 0 unspecified atom stereocenters. The number of piperidine rings is 1. The van der Waals surface area contributed by atoms with E-state index in [9.17, 15) is 4.79 Å². The Kier molecular flexibility index (Phi) is 6.10. The third kappa shape index (κ3) is 4.56. The Morgan fingerprint density at radius 1 is 0.912 bits per heavy atom. The Hall–Kier alpha value is -3.60. The predicted molar refractivity (Wildman–Crippen MR) is 140 cm³/mol. The summed E-state index contributed by atoms with van der Waals surface area (Å²) in [5.41, 5.74) is 9.33. The van der Waals surface area contributed by atoms with Crippen molar-refractivity contribution in [1.29, 1.82) is 0 Å². The van der Waals surface area contributed by atoms with Crippen LogP contribution in [-0.2, 0) is 11.2 Å². The molecular formula is C29H32N4O. The lowest BCUT2D eigenvalue weighted by atomic mass is 10.0. The van der Waals surface area contributed by atoms with Gasteiger partial charge in [-0.2, -0.15) is 0 Å². The summed E-state index contributed by atoms with van der Waals surface area (Å²) in [5.74, 6) is -0.0434. The average Bonchev–Trinajstić information content (AvgIpc) is 3.19. The zero-order chi connectivity index (χ0) is 23.7. The maximum absolute atomic E-state index is 13.1. The zero-order valence-electron chi connectivity index (χ0n) is 20.3. The van der Waals surface area contributed by atoms with Crippen LogP contribution in [0.1, 0.15) is 41.6 Å². The molecule has 2 aromatic carbocycles. The number of benzene rings is 2. The second-order valence-electron chi connectivity index (χ2n) is 9.46. The number of nitrogens with zero attached hydrogens (tertiary/aromatic N) is 3. The number of aromatic nitrogens is 2. The van der Waals surface area contributed by atoms with Crippen LogP contribution >= 0.6 is 0 Å². The number of carbonyl (C=O) groups is 1. The standard InChI is InChI=1S/C29H32N4O/c1-20-13-16-33-26(29(31-27(33)17-20)23-8-7-21(2)22(3)18-23)19-28(34)30-24-9-11-25(12-10-24)32-14-5-4-6-15-32/h7-13,16-18H,4-6,14-15,19H2,1-3H3,(H,30,34). The molecule has 1 fully saturated rings. The summed E-state index contributed by atoms with van der Waals surface area (Å²) >= 11 is 0. The van der Waals surface area contributed by atoms with Gasteiger partial charge in [-0.15, -0.1) is 0 Å². The molecule has 0 spiro atoms. The number of hydrogen-bond acceptors (Lipinski definition) is 3. The van der Waals surface area contributed by atoms with Crippen LogP contribution in [0.3, 0.4) is 0 Å². The third-order valence-corrected chi connectivity index (χ3v) is 6.86. The van der Waals surface area contributed by atoms with Gasteiger partial charge in [0.05, 0.1) is 17.8 Å². The first-order chi connectivity index (χ1) is 16.5. The third-order valence-electron chi connectivity index (χ3n) is 6.86. The molecule has 0 aliphatic carbocycles. The van der Waals surface area contributed by atoms with E-state index in [1.807, 2.05) is 22.7 Å². The maximum atomic E-state index is 13.1. The minimum Gasteiger partial charge on any atom is -0.372 e. The van der Waals surface area contributed by atoms with Crippen LogP contribution in [0.4, 0.5) is 11.4 Å². The summed E-state index contributed by atoms with van der Waals surface area (Å²) in [6.45, 7) is 8.50. The number of amides is 1. The van der Waals surface area contributed by atoms with E-state index in [1.165, 1.54) is 36.1 Å². The predicted octanol–water partition coefficient (Wildman–Crippen LogP) is 6.10. The van der Waals surface area contributed by atoms with Crippen molar-refractivity contribution in [3.8, 4) is 11.3 Å². The number of imidazole rings is 1. The van der Waals surface area contributed by atoms with Crippen molar-refractivity contribution in [3.05, 3.63) is 83.2 Å². The number of fused-ring (bicyclic) bond motifs is 1. The molecule has 0 atom stereocenters. The first-order valence-electron chi connectivity index (χ1n) is 12.2. The Bertz CT molecular complexity index is 1330. The molecule has 2 aromatic heterocycles. The van der Waals surface area contributed by atoms with E-state index < -0.39 is 0 Å². The van der Waals surface area contributed by atoms with Crippen LogP contribution in [0.2, 0.25) is 0 Å². The van der Waals surface area contributed by atoms with Crippen LogP contribution in [0, 0.1) is 20.8 Å². The van der Waals surface area contributed by atoms with Gasteiger partial charge < -0.3 is 14.6 Å². The normalized spacial score (nSPS) is 13.9. The van der Waals surface area contributed by atoms with Crippen LogP contribution in [0.15, 0.2) is 60.8 Å². The first-order valence-corrected chi connectivity index (χ1v) is 12.2. The molecule has 0 bridgehead atoms. The summed E-state index contributed by atoms with van der Waals surface area (Å²) in [6.07, 6.45) is 6.08. The minimum atomic E-state index is -0.0434. The molecule has 1 amide bonds. The van der Waals surface area contributed by atoms with Crippen molar-refractivity contribution in [2.24, 2.45) is 0 Å². The molecule has 1 saturated heterocycles. The maximum Gasteiger partial charge on any atom is 0.230 e. The van der Waals surface area contributed by atoms with Crippen molar-refractivity contribution in [3.63, 3.8) is 0 Å². The van der Waals surface area contributed by atoms with E-state index in [0.717, 1.165) is 46.9 Å². The first kappa shape index (κ1) is 22.2. The van der Waals surface area contributed by atoms with Gasteiger partial charge in [0, 0.05) is 36.2 Å². The van der Waals surface area contributed by atoms with Gasteiger partial charge >= 0.3 is 0 Å². The molecule has 1 aliphatic rings. The zero-order valence-corrected chi connectivity index (χ0v) is 20.3. The van der Waals surface area contributed by atoms with Crippen LogP contribution in [0.5, 0.6) is 0 Å². The molecular weight excluding hydrogens is 420 g/mol. The highest BCUT2D eigenvalue weighted by Gasteiger charge is 2.18. The van der Waals surface area contributed by atoms with Gasteiger partial charge in [0.15, 0.2) is 0 Å². The van der Waals surface area contributed by atoms with Crippen molar-refractivity contribution >= 4 is 22.9 Å². The number of hydrogen-bond donors (Lipinski definition) is 1. The van der Waals surface area contributed by atoms with Gasteiger partial charge in [-0.05, 0) is 99.2 Å². The Morgan fingerprint density at radius 2 is 1.68 bits per heavy atom. The minimum absolute atomic E-state index is 0.0434. The van der Waals surface area contributed by atoms with E-state index in [0.29, 0.717) is 0 Å². The van der Waals surface area contributed by atoms with Gasteiger partial charge in [-0.1, -0.05) is 12.1 Å². The molecule has 34 heavy (non-hydrogen) atoms. The monoisotopic (exact) mass is 452 g/mol. The van der Waals surface area contributed by atoms with Crippen LogP contribution < -0.4 is 10.2 Å². The second kappa shape index (κ2) is 9.34. The summed E-state index contributed by atoms with van der Waals surface area (Å²) in [6, 6.07) is 18.7. The molecule has 1 aliphatic heterocycles. The fraction of sp³-hybridized carbons (Fsp3) is 0.310. The lowest BCUT2D eigenvalue weighted by Gasteiger charge is -2.28. The molecule has 0 radical (unpaired) electrons. The van der Waals surface area contributed by atoms with Crippen molar-refractivity contribution in [2.45, 2.75) is 46.5 Å². The SMILES string of the molecule is Cc1ccn2c(CC(=O)Nc3ccc(N4CCCCC4)cc3)c(-c3ccc(C)c(C)c3)nc2c1.